The van der Waals surface area contributed by atoms with Crippen LogP contribution in [-0.2, 0) is 6.42 Å². The molecular formula is C20H20ClNO. The first-order valence-electron chi connectivity index (χ1n) is 7.73. The summed E-state index contributed by atoms with van der Waals surface area (Å²) in [4.78, 5) is 0. The number of fused-ring (bicyclic) bond motifs is 1. The van der Waals surface area contributed by atoms with Crippen LogP contribution in [0.4, 0.5) is 0 Å². The molecule has 1 atom stereocenters. The van der Waals surface area contributed by atoms with E-state index >= 15 is 0 Å². The summed E-state index contributed by atoms with van der Waals surface area (Å²) in [5.41, 5.74) is 8.54. The van der Waals surface area contributed by atoms with E-state index in [4.69, 9.17) is 22.1 Å². The molecule has 3 aromatic rings. The maximum Gasteiger partial charge on any atom is 0.137 e. The summed E-state index contributed by atoms with van der Waals surface area (Å²) < 4.78 is 5.22. The third kappa shape index (κ3) is 3.34. The fourth-order valence-electron chi connectivity index (χ4n) is 3.05. The fraction of sp³-hybridized carbons (Fsp3) is 0.200. The molecule has 0 spiro atoms. The highest BCUT2D eigenvalue weighted by atomic mass is 35.5. The summed E-state index contributed by atoms with van der Waals surface area (Å²) in [6.45, 7) is 0.595. The number of halogens is 1. The number of hydrogen-bond donors (Lipinski definition) is 1. The van der Waals surface area contributed by atoms with Gasteiger partial charge in [-0.15, -0.1) is 0 Å². The molecule has 0 aliphatic carbocycles. The summed E-state index contributed by atoms with van der Waals surface area (Å²) in [5.74, 6) is 0.954. The Labute approximate surface area is 141 Å². The molecule has 0 saturated heterocycles. The highest BCUT2D eigenvalue weighted by Crippen LogP contribution is 2.30. The third-order valence-corrected chi connectivity index (χ3v) is 4.54. The Hall–Kier alpha value is -2.03. The molecule has 0 bridgehead atoms. The molecule has 2 N–H and O–H groups in total. The van der Waals surface area contributed by atoms with Crippen LogP contribution in [-0.4, -0.2) is 13.7 Å². The number of ether oxygens (including phenoxy) is 1. The molecule has 118 valence electrons. The Balaban J connectivity index is 1.94. The zero-order chi connectivity index (χ0) is 16.2. The molecule has 0 fully saturated rings. The second kappa shape index (κ2) is 7.03. The summed E-state index contributed by atoms with van der Waals surface area (Å²) in [6.07, 6.45) is 0.855. The van der Waals surface area contributed by atoms with Crippen molar-refractivity contribution in [1.82, 2.24) is 0 Å². The lowest BCUT2D eigenvalue weighted by molar-refractivity contribution is 0.415. The molecule has 23 heavy (non-hydrogen) atoms. The van der Waals surface area contributed by atoms with Crippen LogP contribution < -0.4 is 10.5 Å². The summed E-state index contributed by atoms with van der Waals surface area (Å²) >= 11 is 6.24. The minimum Gasteiger partial charge on any atom is -0.495 e. The lowest BCUT2D eigenvalue weighted by Crippen LogP contribution is -2.15. The van der Waals surface area contributed by atoms with Gasteiger partial charge in [0, 0.05) is 5.92 Å². The molecule has 0 heterocycles. The molecule has 3 rings (SSSR count). The third-order valence-electron chi connectivity index (χ3n) is 4.25. The van der Waals surface area contributed by atoms with Gasteiger partial charge in [-0.1, -0.05) is 60.1 Å². The maximum absolute atomic E-state index is 6.24. The van der Waals surface area contributed by atoms with E-state index in [0.717, 1.165) is 6.42 Å². The molecular weight excluding hydrogens is 306 g/mol. The predicted molar refractivity (Wildman–Crippen MR) is 97.5 cm³/mol. The zero-order valence-electron chi connectivity index (χ0n) is 13.1. The van der Waals surface area contributed by atoms with Crippen LogP contribution in [0.5, 0.6) is 5.75 Å². The van der Waals surface area contributed by atoms with E-state index in [0.29, 0.717) is 17.3 Å². The van der Waals surface area contributed by atoms with Crippen LogP contribution in [0.2, 0.25) is 5.02 Å². The van der Waals surface area contributed by atoms with Gasteiger partial charge in [0.15, 0.2) is 0 Å². The van der Waals surface area contributed by atoms with Crippen molar-refractivity contribution < 1.29 is 4.74 Å². The van der Waals surface area contributed by atoms with Gasteiger partial charge in [0.2, 0.25) is 0 Å². The summed E-state index contributed by atoms with van der Waals surface area (Å²) in [7, 11) is 1.62. The Morgan fingerprint density at radius 2 is 1.83 bits per heavy atom. The maximum atomic E-state index is 6.24. The fourth-order valence-corrected chi connectivity index (χ4v) is 3.33. The van der Waals surface area contributed by atoms with Crippen LogP contribution in [0.1, 0.15) is 17.0 Å². The molecule has 2 nitrogen and oxygen atoms in total. The largest absolute Gasteiger partial charge is 0.495 e. The quantitative estimate of drug-likeness (QED) is 0.732. The lowest BCUT2D eigenvalue weighted by atomic mass is 9.88. The number of rotatable bonds is 5. The molecule has 0 aliphatic heterocycles. The van der Waals surface area contributed by atoms with Crippen molar-refractivity contribution in [3.63, 3.8) is 0 Å². The Kier molecular flexibility index (Phi) is 4.85. The lowest BCUT2D eigenvalue weighted by Gasteiger charge is -2.18. The van der Waals surface area contributed by atoms with E-state index in [1.54, 1.807) is 7.11 Å². The van der Waals surface area contributed by atoms with Crippen LogP contribution in [0.3, 0.4) is 0 Å². The second-order valence-electron chi connectivity index (χ2n) is 5.67. The Bertz CT molecular complexity index is 810. The zero-order valence-corrected chi connectivity index (χ0v) is 13.9. The summed E-state index contributed by atoms with van der Waals surface area (Å²) in [6, 6.07) is 20.8. The molecule has 3 heteroatoms. The Morgan fingerprint density at radius 3 is 2.57 bits per heavy atom. The topological polar surface area (TPSA) is 35.2 Å². The standard InChI is InChI=1S/C20H20ClNO/c1-23-20-10-9-14(12-19(20)21)11-16(13-22)18-8-4-6-15-5-2-3-7-17(15)18/h2-10,12,16H,11,13,22H2,1H3. The average Bonchev–Trinajstić information content (AvgIpc) is 2.59. The van der Waals surface area contributed by atoms with E-state index in [-0.39, 0.29) is 5.92 Å². The second-order valence-corrected chi connectivity index (χ2v) is 6.08. The van der Waals surface area contributed by atoms with E-state index in [9.17, 15) is 0 Å². The average molecular weight is 326 g/mol. The van der Waals surface area contributed by atoms with Crippen molar-refractivity contribution in [1.29, 1.82) is 0 Å². The van der Waals surface area contributed by atoms with Gasteiger partial charge in [0.05, 0.1) is 12.1 Å². The highest BCUT2D eigenvalue weighted by Gasteiger charge is 2.14. The monoisotopic (exact) mass is 325 g/mol. The first kappa shape index (κ1) is 15.9. The normalized spacial score (nSPS) is 12.3. The highest BCUT2D eigenvalue weighted by molar-refractivity contribution is 6.32. The van der Waals surface area contributed by atoms with Crippen LogP contribution in [0, 0.1) is 0 Å². The summed E-state index contributed by atoms with van der Waals surface area (Å²) in [5, 5.41) is 3.15. The van der Waals surface area contributed by atoms with Gasteiger partial charge >= 0.3 is 0 Å². The van der Waals surface area contributed by atoms with Gasteiger partial charge in [0.25, 0.3) is 0 Å². The van der Waals surface area contributed by atoms with Crippen molar-refractivity contribution in [2.75, 3.05) is 13.7 Å². The Morgan fingerprint density at radius 1 is 1.04 bits per heavy atom. The smallest absolute Gasteiger partial charge is 0.137 e. The van der Waals surface area contributed by atoms with Crippen molar-refractivity contribution in [2.24, 2.45) is 5.73 Å². The van der Waals surface area contributed by atoms with Crippen molar-refractivity contribution in [2.45, 2.75) is 12.3 Å². The number of benzene rings is 3. The molecule has 0 saturated carbocycles. The first-order valence-corrected chi connectivity index (χ1v) is 8.11. The SMILES string of the molecule is COc1ccc(CC(CN)c2cccc3ccccc23)cc1Cl. The van der Waals surface area contributed by atoms with Crippen molar-refractivity contribution >= 4 is 22.4 Å². The molecule has 0 aromatic heterocycles. The number of hydrogen-bond acceptors (Lipinski definition) is 2. The molecule has 0 radical (unpaired) electrons. The minimum absolute atomic E-state index is 0.255. The van der Waals surface area contributed by atoms with E-state index in [1.165, 1.54) is 21.9 Å². The van der Waals surface area contributed by atoms with Crippen LogP contribution in [0.25, 0.3) is 10.8 Å². The van der Waals surface area contributed by atoms with Gasteiger partial charge in [0.1, 0.15) is 5.75 Å². The van der Waals surface area contributed by atoms with Crippen LogP contribution in [0.15, 0.2) is 60.7 Å². The van der Waals surface area contributed by atoms with Gasteiger partial charge in [-0.3, -0.25) is 0 Å². The van der Waals surface area contributed by atoms with Gasteiger partial charge in [-0.2, -0.15) is 0 Å². The molecule has 1 unspecified atom stereocenters. The van der Waals surface area contributed by atoms with E-state index < -0.39 is 0 Å². The molecule has 0 aliphatic rings. The van der Waals surface area contributed by atoms with Crippen LogP contribution >= 0.6 is 11.6 Å². The van der Waals surface area contributed by atoms with E-state index in [1.807, 2.05) is 12.1 Å². The van der Waals surface area contributed by atoms with Gasteiger partial charge in [-0.25, -0.2) is 0 Å². The number of methoxy groups -OCH3 is 1. The first-order chi connectivity index (χ1) is 11.2. The molecule has 0 amide bonds. The van der Waals surface area contributed by atoms with Crippen molar-refractivity contribution in [3.8, 4) is 5.75 Å². The van der Waals surface area contributed by atoms with Gasteiger partial charge in [-0.05, 0) is 47.0 Å². The van der Waals surface area contributed by atoms with E-state index in [2.05, 4.69) is 48.5 Å². The minimum atomic E-state index is 0.255. The number of nitrogens with two attached hydrogens (primary N) is 1. The van der Waals surface area contributed by atoms with Crippen molar-refractivity contribution in [3.05, 3.63) is 76.8 Å². The molecule has 3 aromatic carbocycles. The predicted octanol–water partition coefficient (Wildman–Crippen LogP) is 4.79. The van der Waals surface area contributed by atoms with Gasteiger partial charge < -0.3 is 10.5 Å².